The molecule has 1 unspecified atom stereocenters. The number of rotatable bonds is 7. The first-order valence-corrected chi connectivity index (χ1v) is 9.65. The highest BCUT2D eigenvalue weighted by Gasteiger charge is 2.25. The normalized spacial score (nSPS) is 16.5. The second-order valence-corrected chi connectivity index (χ2v) is 6.74. The van der Waals surface area contributed by atoms with E-state index in [9.17, 15) is 14.0 Å². The summed E-state index contributed by atoms with van der Waals surface area (Å²) in [7, 11) is 0. The molecule has 0 saturated carbocycles. The zero-order chi connectivity index (χ0) is 19.8. The number of nitrogens with zero attached hydrogens (tertiary/aromatic N) is 3. The molecule has 6 nitrogen and oxygen atoms in total. The maximum atomic E-state index is 13.3. The lowest BCUT2D eigenvalue weighted by Gasteiger charge is -2.26. The van der Waals surface area contributed by atoms with Crippen LogP contribution in [0.5, 0.6) is 5.75 Å². The van der Waals surface area contributed by atoms with E-state index < -0.39 is 11.9 Å². The van der Waals surface area contributed by atoms with Crippen LogP contribution in [0.3, 0.4) is 0 Å². The molecule has 150 valence electrons. The van der Waals surface area contributed by atoms with Crippen LogP contribution < -0.4 is 4.74 Å². The molecule has 2 amide bonds. The van der Waals surface area contributed by atoms with E-state index in [-0.39, 0.29) is 11.8 Å². The second-order valence-electron chi connectivity index (χ2n) is 6.74. The summed E-state index contributed by atoms with van der Waals surface area (Å²) in [6.07, 6.45) is 0.125. The zero-order valence-corrected chi connectivity index (χ0v) is 16.5. The summed E-state index contributed by atoms with van der Waals surface area (Å²) < 4.78 is 18.9. The molecule has 7 heteroatoms. The standard InChI is InChI=1S/C20H30FN3O3/c1-4-23(5-2)19(25)15-22-10-7-11-24(13-12-22)20(26)16(3)27-18-9-6-8-17(21)14-18/h6,8-9,14,16H,4-5,7,10-13,15H2,1-3H3. The minimum Gasteiger partial charge on any atom is -0.481 e. The molecule has 1 saturated heterocycles. The molecule has 1 fully saturated rings. The summed E-state index contributed by atoms with van der Waals surface area (Å²) in [5, 5.41) is 0. The van der Waals surface area contributed by atoms with Crippen molar-refractivity contribution in [2.45, 2.75) is 33.3 Å². The number of hydrogen-bond donors (Lipinski definition) is 0. The van der Waals surface area contributed by atoms with E-state index >= 15 is 0 Å². The van der Waals surface area contributed by atoms with Gasteiger partial charge in [0.25, 0.3) is 5.91 Å². The molecule has 1 aliphatic heterocycles. The number of carbonyl (C=O) groups excluding carboxylic acids is 2. The molecule has 1 aromatic carbocycles. The molecule has 0 N–H and O–H groups in total. The van der Waals surface area contributed by atoms with Crippen LogP contribution in [0.25, 0.3) is 0 Å². The highest BCUT2D eigenvalue weighted by atomic mass is 19.1. The van der Waals surface area contributed by atoms with Crippen LogP contribution in [-0.4, -0.2) is 78.4 Å². The maximum absolute atomic E-state index is 13.3. The third-order valence-electron chi connectivity index (χ3n) is 4.83. The Morgan fingerprint density at radius 1 is 1.19 bits per heavy atom. The number of halogens is 1. The number of amides is 2. The van der Waals surface area contributed by atoms with Crippen molar-refractivity contribution in [2.24, 2.45) is 0 Å². The first-order chi connectivity index (χ1) is 12.9. The third kappa shape index (κ3) is 6.20. The van der Waals surface area contributed by atoms with Crippen molar-refractivity contribution in [2.75, 3.05) is 45.8 Å². The van der Waals surface area contributed by atoms with Crippen molar-refractivity contribution in [1.29, 1.82) is 0 Å². The third-order valence-corrected chi connectivity index (χ3v) is 4.83. The van der Waals surface area contributed by atoms with Crippen molar-refractivity contribution in [3.05, 3.63) is 30.1 Å². The van der Waals surface area contributed by atoms with Gasteiger partial charge in [-0.2, -0.15) is 0 Å². The number of benzene rings is 1. The van der Waals surface area contributed by atoms with E-state index in [4.69, 9.17) is 4.74 Å². The van der Waals surface area contributed by atoms with Crippen LogP contribution >= 0.6 is 0 Å². The Hall–Kier alpha value is -2.15. The monoisotopic (exact) mass is 379 g/mol. The molecule has 0 aromatic heterocycles. The van der Waals surface area contributed by atoms with Crippen LogP contribution in [-0.2, 0) is 9.59 Å². The summed E-state index contributed by atoms with van der Waals surface area (Å²) in [4.78, 5) is 30.7. The first kappa shape index (κ1) is 21.2. The van der Waals surface area contributed by atoms with Gasteiger partial charge in [-0.15, -0.1) is 0 Å². The molecule has 2 rings (SSSR count). The van der Waals surface area contributed by atoms with Gasteiger partial charge in [0.15, 0.2) is 6.10 Å². The molecular weight excluding hydrogens is 349 g/mol. The van der Waals surface area contributed by atoms with E-state index in [1.54, 1.807) is 24.0 Å². The highest BCUT2D eigenvalue weighted by molar-refractivity contribution is 5.81. The van der Waals surface area contributed by atoms with Gasteiger partial charge in [-0.1, -0.05) is 6.07 Å². The van der Waals surface area contributed by atoms with Gasteiger partial charge < -0.3 is 14.5 Å². The predicted molar refractivity (Wildman–Crippen MR) is 102 cm³/mol. The Labute approximate surface area is 160 Å². The molecule has 0 spiro atoms. The van der Waals surface area contributed by atoms with E-state index in [0.717, 1.165) is 13.0 Å². The lowest BCUT2D eigenvalue weighted by atomic mass is 10.3. The molecular formula is C20H30FN3O3. The van der Waals surface area contributed by atoms with Gasteiger partial charge in [-0.25, -0.2) is 4.39 Å². The predicted octanol–water partition coefficient (Wildman–Crippen LogP) is 2.00. The lowest BCUT2D eigenvalue weighted by molar-refractivity contribution is -0.137. The molecule has 1 aromatic rings. The van der Waals surface area contributed by atoms with E-state index in [1.807, 2.05) is 18.7 Å². The second kappa shape index (κ2) is 10.3. The molecule has 27 heavy (non-hydrogen) atoms. The molecule has 0 bridgehead atoms. The van der Waals surface area contributed by atoms with Crippen molar-refractivity contribution in [3.8, 4) is 5.75 Å². The smallest absolute Gasteiger partial charge is 0.263 e. The summed E-state index contributed by atoms with van der Waals surface area (Å²) in [5.41, 5.74) is 0. The van der Waals surface area contributed by atoms with Crippen LogP contribution in [0.15, 0.2) is 24.3 Å². The van der Waals surface area contributed by atoms with Gasteiger partial charge >= 0.3 is 0 Å². The van der Waals surface area contributed by atoms with Crippen LogP contribution in [0.2, 0.25) is 0 Å². The van der Waals surface area contributed by atoms with Crippen molar-refractivity contribution in [3.63, 3.8) is 0 Å². The summed E-state index contributed by atoms with van der Waals surface area (Å²) >= 11 is 0. The fourth-order valence-corrected chi connectivity index (χ4v) is 3.27. The fraction of sp³-hybridized carbons (Fsp3) is 0.600. The van der Waals surface area contributed by atoms with E-state index in [0.29, 0.717) is 45.0 Å². The minimum atomic E-state index is -0.685. The average molecular weight is 379 g/mol. The highest BCUT2D eigenvalue weighted by Crippen LogP contribution is 2.15. The molecule has 1 aliphatic rings. The minimum absolute atomic E-state index is 0.115. The Morgan fingerprint density at radius 2 is 1.93 bits per heavy atom. The number of likely N-dealkylation sites (N-methyl/N-ethyl adjacent to an activating group) is 1. The fourth-order valence-electron chi connectivity index (χ4n) is 3.27. The van der Waals surface area contributed by atoms with Gasteiger partial charge in [-0.05, 0) is 39.3 Å². The Morgan fingerprint density at radius 3 is 2.59 bits per heavy atom. The first-order valence-electron chi connectivity index (χ1n) is 9.65. The van der Waals surface area contributed by atoms with Gasteiger partial charge in [0.1, 0.15) is 11.6 Å². The molecule has 1 heterocycles. The largest absolute Gasteiger partial charge is 0.481 e. The Balaban J connectivity index is 1.87. The van der Waals surface area contributed by atoms with Crippen LogP contribution in [0.4, 0.5) is 4.39 Å². The number of carbonyl (C=O) groups is 2. The van der Waals surface area contributed by atoms with E-state index in [2.05, 4.69) is 4.90 Å². The number of hydrogen-bond acceptors (Lipinski definition) is 4. The lowest BCUT2D eigenvalue weighted by Crippen LogP contribution is -2.44. The summed E-state index contributed by atoms with van der Waals surface area (Å²) in [6.45, 7) is 10.1. The quantitative estimate of drug-likeness (QED) is 0.727. The molecule has 0 radical (unpaired) electrons. The van der Waals surface area contributed by atoms with Gasteiger partial charge in [-0.3, -0.25) is 14.5 Å². The van der Waals surface area contributed by atoms with Crippen molar-refractivity contribution < 1.29 is 18.7 Å². The van der Waals surface area contributed by atoms with Crippen LogP contribution in [0, 0.1) is 5.82 Å². The Bertz CT molecular complexity index is 637. The molecule has 1 atom stereocenters. The summed E-state index contributed by atoms with van der Waals surface area (Å²) in [5.74, 6) is -0.0358. The van der Waals surface area contributed by atoms with Crippen molar-refractivity contribution in [1.82, 2.24) is 14.7 Å². The maximum Gasteiger partial charge on any atom is 0.263 e. The molecule has 0 aliphatic carbocycles. The SMILES string of the molecule is CCN(CC)C(=O)CN1CCCN(C(=O)C(C)Oc2cccc(F)c2)CC1. The topological polar surface area (TPSA) is 53.1 Å². The Kier molecular flexibility index (Phi) is 8.03. The summed E-state index contributed by atoms with van der Waals surface area (Å²) in [6, 6.07) is 5.80. The number of ether oxygens (including phenoxy) is 1. The average Bonchev–Trinajstić information content (AvgIpc) is 2.87. The van der Waals surface area contributed by atoms with Crippen molar-refractivity contribution >= 4 is 11.8 Å². The van der Waals surface area contributed by atoms with E-state index in [1.165, 1.54) is 12.1 Å². The van der Waals surface area contributed by atoms with Gasteiger partial charge in [0.2, 0.25) is 5.91 Å². The zero-order valence-electron chi connectivity index (χ0n) is 16.5. The van der Waals surface area contributed by atoms with Gasteiger partial charge in [0, 0.05) is 45.3 Å². The van der Waals surface area contributed by atoms with Crippen LogP contribution in [0.1, 0.15) is 27.2 Å². The van der Waals surface area contributed by atoms with Gasteiger partial charge in [0.05, 0.1) is 6.54 Å².